The van der Waals surface area contributed by atoms with Crippen molar-refractivity contribution in [1.29, 1.82) is 0 Å². The predicted molar refractivity (Wildman–Crippen MR) is 56.6 cm³/mol. The fourth-order valence-corrected chi connectivity index (χ4v) is 1.30. The molecule has 1 saturated carbocycles. The molecule has 0 atom stereocenters. The zero-order valence-corrected chi connectivity index (χ0v) is 9.03. The number of hydrogen-bond donors (Lipinski definition) is 1. The topological polar surface area (TPSA) is 54.9 Å². The maximum atomic E-state index is 11.7. The molecule has 15 heavy (non-hydrogen) atoms. The summed E-state index contributed by atoms with van der Waals surface area (Å²) < 4.78 is 0. The van der Waals surface area contributed by atoms with Crippen molar-refractivity contribution in [2.75, 3.05) is 0 Å². The van der Waals surface area contributed by atoms with Crippen molar-refractivity contribution in [3.05, 3.63) is 23.5 Å². The van der Waals surface area contributed by atoms with Crippen LogP contribution in [-0.2, 0) is 0 Å². The Morgan fingerprint density at radius 2 is 2.27 bits per heavy atom. The molecule has 0 aromatic carbocycles. The first-order valence-electron chi connectivity index (χ1n) is 5.30. The van der Waals surface area contributed by atoms with Gasteiger partial charge in [-0.3, -0.25) is 4.79 Å². The highest BCUT2D eigenvalue weighted by Crippen LogP contribution is 2.19. The van der Waals surface area contributed by atoms with Gasteiger partial charge in [-0.05, 0) is 30.4 Å². The molecular weight excluding hydrogens is 190 g/mol. The van der Waals surface area contributed by atoms with E-state index < -0.39 is 0 Å². The van der Waals surface area contributed by atoms with Gasteiger partial charge >= 0.3 is 0 Å². The number of nitrogens with zero attached hydrogens (tertiary/aromatic N) is 2. The number of amides is 1. The van der Waals surface area contributed by atoms with E-state index in [1.807, 2.05) is 6.07 Å². The molecule has 4 heteroatoms. The van der Waals surface area contributed by atoms with Gasteiger partial charge in [0, 0.05) is 6.04 Å². The number of carbonyl (C=O) groups excluding carboxylic acids is 1. The van der Waals surface area contributed by atoms with Gasteiger partial charge in [0.05, 0.1) is 6.20 Å². The highest BCUT2D eigenvalue weighted by Gasteiger charge is 2.24. The molecule has 0 saturated heterocycles. The van der Waals surface area contributed by atoms with E-state index in [-0.39, 0.29) is 5.91 Å². The lowest BCUT2D eigenvalue weighted by atomic mass is 10.1. The fraction of sp³-hybridized carbons (Fsp3) is 0.545. The first kappa shape index (κ1) is 10.1. The lowest BCUT2D eigenvalue weighted by Gasteiger charge is -2.06. The van der Waals surface area contributed by atoms with E-state index in [1.165, 1.54) is 0 Å². The van der Waals surface area contributed by atoms with Crippen molar-refractivity contribution in [1.82, 2.24) is 15.5 Å². The Balaban J connectivity index is 2.12. The Bertz CT molecular complexity index is 372. The molecule has 1 aromatic heterocycles. The summed E-state index contributed by atoms with van der Waals surface area (Å²) in [7, 11) is 0. The quantitative estimate of drug-likeness (QED) is 0.813. The number of hydrogen-bond acceptors (Lipinski definition) is 3. The third kappa shape index (κ3) is 2.52. The molecule has 2 rings (SSSR count). The Hall–Kier alpha value is -1.45. The van der Waals surface area contributed by atoms with Crippen LogP contribution in [-0.4, -0.2) is 22.1 Å². The van der Waals surface area contributed by atoms with Gasteiger partial charge in [-0.25, -0.2) is 0 Å². The van der Waals surface area contributed by atoms with E-state index >= 15 is 0 Å². The Morgan fingerprint density at radius 1 is 1.53 bits per heavy atom. The maximum Gasteiger partial charge on any atom is 0.272 e. The zero-order valence-electron chi connectivity index (χ0n) is 9.03. The van der Waals surface area contributed by atoms with Gasteiger partial charge in [-0.15, -0.1) is 5.10 Å². The standard InChI is InChI=1S/C11H15N3O/c1-7(2)8-5-10(14-12-6-8)11(15)13-9-3-4-9/h5-7,9H,3-4H2,1-2H3,(H,13,15). The molecule has 1 amide bonds. The molecule has 1 aliphatic carbocycles. The van der Waals surface area contributed by atoms with Crippen LogP contribution in [0.1, 0.15) is 48.7 Å². The highest BCUT2D eigenvalue weighted by molar-refractivity contribution is 5.92. The first-order valence-corrected chi connectivity index (χ1v) is 5.30. The Kier molecular flexibility index (Phi) is 2.66. The molecule has 4 nitrogen and oxygen atoms in total. The minimum atomic E-state index is -0.104. The van der Waals surface area contributed by atoms with Crippen LogP contribution in [0.2, 0.25) is 0 Å². The Labute approximate surface area is 89.1 Å². The monoisotopic (exact) mass is 205 g/mol. The maximum absolute atomic E-state index is 11.7. The molecule has 0 radical (unpaired) electrons. The lowest BCUT2D eigenvalue weighted by molar-refractivity contribution is 0.0945. The molecular formula is C11H15N3O. The van der Waals surface area contributed by atoms with Crippen LogP contribution in [0.25, 0.3) is 0 Å². The van der Waals surface area contributed by atoms with Crippen LogP contribution in [0.3, 0.4) is 0 Å². The smallest absolute Gasteiger partial charge is 0.272 e. The Morgan fingerprint density at radius 3 is 2.87 bits per heavy atom. The molecule has 1 fully saturated rings. The molecule has 1 aliphatic rings. The van der Waals surface area contributed by atoms with Crippen molar-refractivity contribution >= 4 is 5.91 Å². The van der Waals surface area contributed by atoms with Crippen molar-refractivity contribution in [3.63, 3.8) is 0 Å². The minimum Gasteiger partial charge on any atom is -0.348 e. The highest BCUT2D eigenvalue weighted by atomic mass is 16.2. The lowest BCUT2D eigenvalue weighted by Crippen LogP contribution is -2.26. The zero-order chi connectivity index (χ0) is 10.8. The van der Waals surface area contributed by atoms with Gasteiger partial charge in [0.2, 0.25) is 0 Å². The summed E-state index contributed by atoms with van der Waals surface area (Å²) >= 11 is 0. The van der Waals surface area contributed by atoms with Crippen molar-refractivity contribution < 1.29 is 4.79 Å². The van der Waals surface area contributed by atoms with Gasteiger partial charge in [0.25, 0.3) is 5.91 Å². The fourth-order valence-electron chi connectivity index (χ4n) is 1.30. The van der Waals surface area contributed by atoms with Gasteiger partial charge in [0.15, 0.2) is 5.69 Å². The molecule has 0 unspecified atom stereocenters. The normalized spacial score (nSPS) is 15.4. The van der Waals surface area contributed by atoms with E-state index in [9.17, 15) is 4.79 Å². The van der Waals surface area contributed by atoms with Crippen LogP contribution in [0.15, 0.2) is 12.3 Å². The summed E-state index contributed by atoms with van der Waals surface area (Å²) in [5, 5.41) is 10.6. The second-order valence-electron chi connectivity index (χ2n) is 4.28. The summed E-state index contributed by atoms with van der Waals surface area (Å²) in [5.41, 5.74) is 1.47. The molecule has 0 bridgehead atoms. The average molecular weight is 205 g/mol. The van der Waals surface area contributed by atoms with E-state index in [2.05, 4.69) is 29.4 Å². The van der Waals surface area contributed by atoms with Gasteiger partial charge in [-0.2, -0.15) is 5.10 Å². The van der Waals surface area contributed by atoms with Crippen LogP contribution >= 0.6 is 0 Å². The van der Waals surface area contributed by atoms with Crippen LogP contribution in [0.5, 0.6) is 0 Å². The summed E-state index contributed by atoms with van der Waals surface area (Å²) in [6, 6.07) is 2.18. The SMILES string of the molecule is CC(C)c1cnnc(C(=O)NC2CC2)c1. The molecule has 0 aliphatic heterocycles. The minimum absolute atomic E-state index is 0.104. The van der Waals surface area contributed by atoms with Gasteiger partial charge < -0.3 is 5.32 Å². The summed E-state index contributed by atoms with van der Waals surface area (Å²) in [5.74, 6) is 0.264. The van der Waals surface area contributed by atoms with Crippen LogP contribution in [0.4, 0.5) is 0 Å². The van der Waals surface area contributed by atoms with E-state index in [1.54, 1.807) is 6.20 Å². The van der Waals surface area contributed by atoms with Gasteiger partial charge in [-0.1, -0.05) is 13.8 Å². The molecule has 1 N–H and O–H groups in total. The van der Waals surface area contributed by atoms with Gasteiger partial charge in [0.1, 0.15) is 0 Å². The number of aromatic nitrogens is 2. The summed E-state index contributed by atoms with van der Waals surface area (Å²) in [4.78, 5) is 11.7. The third-order valence-electron chi connectivity index (χ3n) is 2.49. The van der Waals surface area contributed by atoms with E-state index in [4.69, 9.17) is 0 Å². The van der Waals surface area contributed by atoms with E-state index in [0.29, 0.717) is 17.7 Å². The number of rotatable bonds is 3. The molecule has 80 valence electrons. The predicted octanol–water partition coefficient (Wildman–Crippen LogP) is 1.49. The van der Waals surface area contributed by atoms with Crippen LogP contribution < -0.4 is 5.32 Å². The first-order chi connectivity index (χ1) is 7.16. The molecule has 1 aromatic rings. The van der Waals surface area contributed by atoms with Crippen molar-refractivity contribution in [3.8, 4) is 0 Å². The second-order valence-corrected chi connectivity index (χ2v) is 4.28. The summed E-state index contributed by atoms with van der Waals surface area (Å²) in [6.07, 6.45) is 3.88. The van der Waals surface area contributed by atoms with Crippen LogP contribution in [0, 0.1) is 0 Å². The van der Waals surface area contributed by atoms with E-state index in [0.717, 1.165) is 18.4 Å². The average Bonchev–Trinajstić information content (AvgIpc) is 3.02. The number of nitrogens with one attached hydrogen (secondary N) is 1. The molecule has 1 heterocycles. The largest absolute Gasteiger partial charge is 0.348 e. The third-order valence-corrected chi connectivity index (χ3v) is 2.49. The number of carbonyl (C=O) groups is 1. The summed E-state index contributed by atoms with van der Waals surface area (Å²) in [6.45, 7) is 4.14. The van der Waals surface area contributed by atoms with Crippen molar-refractivity contribution in [2.45, 2.75) is 38.6 Å². The molecule has 0 spiro atoms. The van der Waals surface area contributed by atoms with Crippen molar-refractivity contribution in [2.24, 2.45) is 0 Å². The second kappa shape index (κ2) is 3.96.